The Bertz CT molecular complexity index is 426. The zero-order valence-electron chi connectivity index (χ0n) is 6.99. The van der Waals surface area contributed by atoms with Gasteiger partial charge in [0.2, 0.25) is 0 Å². The molecule has 0 bridgehead atoms. The molecule has 0 atom stereocenters. The quantitative estimate of drug-likeness (QED) is 0.622. The van der Waals surface area contributed by atoms with Crippen molar-refractivity contribution in [1.29, 1.82) is 0 Å². The Balaban J connectivity index is 2.74. The van der Waals surface area contributed by atoms with Crippen LogP contribution in [0.4, 0.5) is 0 Å². The van der Waals surface area contributed by atoms with E-state index in [4.69, 9.17) is 0 Å². The highest BCUT2D eigenvalue weighted by Gasteiger charge is 1.96. The van der Waals surface area contributed by atoms with Gasteiger partial charge < -0.3 is 0 Å². The van der Waals surface area contributed by atoms with Crippen LogP contribution >= 0.6 is 0 Å². The third-order valence-electron chi connectivity index (χ3n) is 1.88. The lowest BCUT2D eigenvalue weighted by Crippen LogP contribution is -1.84. The van der Waals surface area contributed by atoms with Crippen LogP contribution in [-0.4, -0.2) is 9.78 Å². The van der Waals surface area contributed by atoms with Crippen LogP contribution in [0, 0.1) is 0 Å². The summed E-state index contributed by atoms with van der Waals surface area (Å²) in [5.41, 5.74) is 2.17. The summed E-state index contributed by atoms with van der Waals surface area (Å²) in [5, 5.41) is 5.43. The molecule has 0 saturated heterocycles. The van der Waals surface area contributed by atoms with Gasteiger partial charge in [-0.2, -0.15) is 5.10 Å². The summed E-state index contributed by atoms with van der Waals surface area (Å²) in [6.07, 6.45) is 3.84. The van der Waals surface area contributed by atoms with Crippen LogP contribution in [0.15, 0.2) is 31.0 Å². The first-order chi connectivity index (χ1) is 5.79. The molecular weight excluding hydrogens is 148 g/mol. The molecule has 2 nitrogen and oxygen atoms in total. The summed E-state index contributed by atoms with van der Waals surface area (Å²) in [7, 11) is 1.92. The molecule has 0 aliphatic heterocycles. The van der Waals surface area contributed by atoms with E-state index in [0.717, 1.165) is 16.5 Å². The minimum atomic E-state index is 1.03. The van der Waals surface area contributed by atoms with Crippen molar-refractivity contribution < 1.29 is 0 Å². The van der Waals surface area contributed by atoms with Gasteiger partial charge in [-0.3, -0.25) is 4.68 Å². The van der Waals surface area contributed by atoms with Crippen molar-refractivity contribution in [2.24, 2.45) is 7.05 Å². The lowest BCUT2D eigenvalue weighted by Gasteiger charge is -1.90. The molecule has 1 heterocycles. The standard InChI is InChI=1S/C10H10N2/c1-3-8-4-5-10-9(6-8)7-12(2)11-10/h3-7H,1H2,2H3. The summed E-state index contributed by atoms with van der Waals surface area (Å²) in [6.45, 7) is 3.72. The molecule has 1 aromatic heterocycles. The van der Waals surface area contributed by atoms with E-state index in [1.54, 1.807) is 0 Å². The van der Waals surface area contributed by atoms with Crippen LogP contribution in [0.2, 0.25) is 0 Å². The van der Waals surface area contributed by atoms with E-state index in [1.165, 1.54) is 0 Å². The van der Waals surface area contributed by atoms with Gasteiger partial charge in [0.15, 0.2) is 0 Å². The molecule has 0 spiro atoms. The fraction of sp³-hybridized carbons (Fsp3) is 0.100. The molecule has 0 saturated carbocycles. The maximum absolute atomic E-state index is 4.27. The fourth-order valence-corrected chi connectivity index (χ4v) is 1.29. The maximum atomic E-state index is 4.27. The second-order valence-electron chi connectivity index (χ2n) is 2.83. The summed E-state index contributed by atoms with van der Waals surface area (Å²) < 4.78 is 1.82. The lowest BCUT2D eigenvalue weighted by molar-refractivity contribution is 0.780. The van der Waals surface area contributed by atoms with Crippen molar-refractivity contribution in [3.05, 3.63) is 36.5 Å². The van der Waals surface area contributed by atoms with Crippen LogP contribution in [0.25, 0.3) is 17.0 Å². The van der Waals surface area contributed by atoms with Gasteiger partial charge in [0.25, 0.3) is 0 Å². The van der Waals surface area contributed by atoms with E-state index in [0.29, 0.717) is 0 Å². The minimum Gasteiger partial charge on any atom is -0.275 e. The van der Waals surface area contributed by atoms with Crippen molar-refractivity contribution in [3.63, 3.8) is 0 Å². The van der Waals surface area contributed by atoms with Gasteiger partial charge in [0, 0.05) is 18.6 Å². The number of hydrogen-bond donors (Lipinski definition) is 0. The van der Waals surface area contributed by atoms with Crippen molar-refractivity contribution in [2.75, 3.05) is 0 Å². The predicted octanol–water partition coefficient (Wildman–Crippen LogP) is 2.22. The van der Waals surface area contributed by atoms with Crippen LogP contribution in [0.5, 0.6) is 0 Å². The summed E-state index contributed by atoms with van der Waals surface area (Å²) in [4.78, 5) is 0. The SMILES string of the molecule is C=Cc1ccc2nn(C)cc2c1. The molecular formula is C10H10N2. The molecule has 0 N–H and O–H groups in total. The normalized spacial score (nSPS) is 10.4. The Morgan fingerprint density at radius 1 is 1.50 bits per heavy atom. The number of aromatic nitrogens is 2. The van der Waals surface area contributed by atoms with Gasteiger partial charge in [-0.25, -0.2) is 0 Å². The van der Waals surface area contributed by atoms with Gasteiger partial charge in [-0.05, 0) is 17.7 Å². The second-order valence-corrected chi connectivity index (χ2v) is 2.83. The molecule has 2 aromatic rings. The molecule has 2 rings (SSSR count). The molecule has 0 fully saturated rings. The molecule has 0 radical (unpaired) electrons. The number of hydrogen-bond acceptors (Lipinski definition) is 1. The Morgan fingerprint density at radius 3 is 3.08 bits per heavy atom. The number of benzene rings is 1. The molecule has 0 aliphatic carbocycles. The summed E-state index contributed by atoms with van der Waals surface area (Å²) in [6, 6.07) is 6.10. The second kappa shape index (κ2) is 2.48. The zero-order chi connectivity index (χ0) is 8.55. The Hall–Kier alpha value is -1.57. The van der Waals surface area contributed by atoms with E-state index in [1.807, 2.05) is 36.1 Å². The van der Waals surface area contributed by atoms with Crippen molar-refractivity contribution >= 4 is 17.0 Å². The van der Waals surface area contributed by atoms with E-state index in [2.05, 4.69) is 17.7 Å². The number of aryl methyl sites for hydroxylation is 1. The summed E-state index contributed by atoms with van der Waals surface area (Å²) in [5.74, 6) is 0. The van der Waals surface area contributed by atoms with E-state index in [9.17, 15) is 0 Å². The minimum absolute atomic E-state index is 1.03. The molecule has 0 aliphatic rings. The average Bonchev–Trinajstić information content (AvgIpc) is 2.43. The van der Waals surface area contributed by atoms with Crippen molar-refractivity contribution in [1.82, 2.24) is 9.78 Å². The van der Waals surface area contributed by atoms with Gasteiger partial charge in [0.1, 0.15) is 0 Å². The van der Waals surface area contributed by atoms with E-state index in [-0.39, 0.29) is 0 Å². The van der Waals surface area contributed by atoms with Crippen LogP contribution in [0.1, 0.15) is 5.56 Å². The third-order valence-corrected chi connectivity index (χ3v) is 1.88. The van der Waals surface area contributed by atoms with Gasteiger partial charge >= 0.3 is 0 Å². The lowest BCUT2D eigenvalue weighted by atomic mass is 10.2. The van der Waals surface area contributed by atoms with Crippen molar-refractivity contribution in [2.45, 2.75) is 0 Å². The average molecular weight is 158 g/mol. The monoisotopic (exact) mass is 158 g/mol. The van der Waals surface area contributed by atoms with Crippen molar-refractivity contribution in [3.8, 4) is 0 Å². The third kappa shape index (κ3) is 1.01. The Labute approximate surface area is 71.1 Å². The molecule has 0 amide bonds. The first-order valence-corrected chi connectivity index (χ1v) is 3.85. The van der Waals surface area contributed by atoms with E-state index >= 15 is 0 Å². The van der Waals surface area contributed by atoms with Gasteiger partial charge in [-0.1, -0.05) is 18.7 Å². The molecule has 0 unspecified atom stereocenters. The van der Waals surface area contributed by atoms with Gasteiger partial charge in [-0.15, -0.1) is 0 Å². The highest BCUT2D eigenvalue weighted by Crippen LogP contribution is 2.14. The first-order valence-electron chi connectivity index (χ1n) is 3.85. The zero-order valence-corrected chi connectivity index (χ0v) is 6.99. The van der Waals surface area contributed by atoms with Gasteiger partial charge in [0.05, 0.1) is 5.52 Å². The number of rotatable bonds is 1. The Kier molecular flexibility index (Phi) is 1.47. The predicted molar refractivity (Wildman–Crippen MR) is 50.8 cm³/mol. The van der Waals surface area contributed by atoms with Crippen LogP contribution < -0.4 is 0 Å². The van der Waals surface area contributed by atoms with Crippen LogP contribution in [-0.2, 0) is 7.05 Å². The molecule has 2 heteroatoms. The Morgan fingerprint density at radius 2 is 2.33 bits per heavy atom. The fourth-order valence-electron chi connectivity index (χ4n) is 1.29. The van der Waals surface area contributed by atoms with E-state index < -0.39 is 0 Å². The number of fused-ring (bicyclic) bond motifs is 1. The molecule has 60 valence electrons. The molecule has 12 heavy (non-hydrogen) atoms. The molecule has 1 aromatic carbocycles. The first kappa shape index (κ1) is 7.10. The number of nitrogens with zero attached hydrogens (tertiary/aromatic N) is 2. The largest absolute Gasteiger partial charge is 0.275 e. The highest BCUT2D eigenvalue weighted by molar-refractivity contribution is 5.80. The van der Waals surface area contributed by atoms with Crippen LogP contribution in [0.3, 0.4) is 0 Å². The smallest absolute Gasteiger partial charge is 0.0923 e. The topological polar surface area (TPSA) is 17.8 Å². The highest BCUT2D eigenvalue weighted by atomic mass is 15.2. The maximum Gasteiger partial charge on any atom is 0.0923 e. The summed E-state index contributed by atoms with van der Waals surface area (Å²) >= 11 is 0.